The van der Waals surface area contributed by atoms with Crippen LogP contribution in [0, 0.1) is 5.92 Å². The van der Waals surface area contributed by atoms with Gasteiger partial charge in [0.1, 0.15) is 0 Å². The zero-order valence-corrected chi connectivity index (χ0v) is 15.6. The maximum atomic E-state index is 12.9. The summed E-state index contributed by atoms with van der Waals surface area (Å²) < 4.78 is 4.89. The van der Waals surface area contributed by atoms with Crippen molar-refractivity contribution in [2.45, 2.75) is 25.9 Å². The predicted molar refractivity (Wildman–Crippen MR) is 102 cm³/mol. The Morgan fingerprint density at radius 1 is 0.857 bits per heavy atom. The summed E-state index contributed by atoms with van der Waals surface area (Å²) in [7, 11) is 0. The van der Waals surface area contributed by atoms with Crippen LogP contribution in [0.25, 0.3) is 0 Å². The molecule has 0 spiro atoms. The molecule has 2 aromatic carbocycles. The number of hydrogen-bond donors (Lipinski definition) is 2. The average Bonchev–Trinajstić information content (AvgIpc) is 2.68. The maximum absolute atomic E-state index is 12.9. The number of hydrogen-bond acceptors (Lipinski definition) is 6. The number of primary amides is 1. The largest absolute Gasteiger partial charge is 0.388 e. The lowest BCUT2D eigenvalue weighted by molar-refractivity contribution is -0.139. The summed E-state index contributed by atoms with van der Waals surface area (Å²) in [5, 5.41) is 2.66. The van der Waals surface area contributed by atoms with Crippen molar-refractivity contribution in [1.29, 1.82) is 0 Å². The quantitative estimate of drug-likeness (QED) is 0.408. The Hall–Kier alpha value is -3.32. The van der Waals surface area contributed by atoms with Crippen molar-refractivity contribution in [3.63, 3.8) is 0 Å². The van der Waals surface area contributed by atoms with E-state index >= 15 is 0 Å². The third kappa shape index (κ3) is 5.34. The van der Waals surface area contributed by atoms with E-state index in [-0.39, 0.29) is 17.0 Å². The van der Waals surface area contributed by atoms with E-state index in [9.17, 15) is 19.2 Å². The fraction of sp³-hybridized carbons (Fsp3) is 0.238. The van der Waals surface area contributed by atoms with Gasteiger partial charge in [0.15, 0.2) is 11.8 Å². The van der Waals surface area contributed by atoms with Gasteiger partial charge in [-0.3, -0.25) is 14.9 Å². The molecule has 146 valence electrons. The van der Waals surface area contributed by atoms with Crippen molar-refractivity contribution in [3.05, 3.63) is 71.8 Å². The van der Waals surface area contributed by atoms with Crippen LogP contribution in [0.2, 0.25) is 0 Å². The number of ketones is 1. The Labute approximate surface area is 162 Å². The number of nitrogens with one attached hydrogen (secondary N) is 1. The second kappa shape index (κ2) is 9.57. The van der Waals surface area contributed by atoms with E-state index in [4.69, 9.17) is 10.5 Å². The molecule has 0 bridgehead atoms. The molecule has 2 aromatic rings. The van der Waals surface area contributed by atoms with Crippen LogP contribution in [0.3, 0.4) is 0 Å². The second-order valence-corrected chi connectivity index (χ2v) is 6.53. The second-order valence-electron chi connectivity index (χ2n) is 6.53. The highest BCUT2D eigenvalue weighted by Crippen LogP contribution is 2.11. The molecule has 28 heavy (non-hydrogen) atoms. The van der Waals surface area contributed by atoms with Crippen LogP contribution in [0.15, 0.2) is 60.7 Å². The van der Waals surface area contributed by atoms with Crippen LogP contribution in [-0.4, -0.2) is 35.7 Å². The van der Waals surface area contributed by atoms with Gasteiger partial charge in [-0.05, 0) is 18.1 Å². The van der Waals surface area contributed by atoms with Crippen molar-refractivity contribution in [3.8, 4) is 0 Å². The molecule has 7 heteroatoms. The number of nitrogens with two attached hydrogens (primary N) is 1. The minimum Gasteiger partial charge on any atom is -0.388 e. The lowest BCUT2D eigenvalue weighted by Gasteiger charge is -2.24. The lowest BCUT2D eigenvalue weighted by Crippen LogP contribution is -2.55. The summed E-state index contributed by atoms with van der Waals surface area (Å²) in [4.78, 5) is 49.4. The van der Waals surface area contributed by atoms with Crippen LogP contribution >= 0.6 is 0 Å². The van der Waals surface area contributed by atoms with Crippen molar-refractivity contribution in [2.24, 2.45) is 11.7 Å². The third-order valence-corrected chi connectivity index (χ3v) is 4.08. The molecule has 7 nitrogen and oxygen atoms in total. The number of rotatable bonds is 8. The van der Waals surface area contributed by atoms with E-state index in [0.29, 0.717) is 0 Å². The maximum Gasteiger partial charge on any atom is 0.345 e. The van der Waals surface area contributed by atoms with Crippen molar-refractivity contribution in [2.75, 3.05) is 0 Å². The molecule has 0 saturated carbocycles. The zero-order valence-electron chi connectivity index (χ0n) is 15.6. The summed E-state index contributed by atoms with van der Waals surface area (Å²) in [6.07, 6.45) is 0. The number of esters is 2. The molecule has 0 aliphatic rings. The average molecular weight is 382 g/mol. The minimum atomic E-state index is -1.56. The van der Waals surface area contributed by atoms with Gasteiger partial charge in [-0.1, -0.05) is 62.4 Å². The molecular weight excluding hydrogens is 360 g/mol. The van der Waals surface area contributed by atoms with Crippen LogP contribution in [0.1, 0.15) is 34.6 Å². The van der Waals surface area contributed by atoms with E-state index < -0.39 is 35.7 Å². The van der Waals surface area contributed by atoms with Gasteiger partial charge in [-0.25, -0.2) is 9.59 Å². The Kier molecular flexibility index (Phi) is 7.17. The van der Waals surface area contributed by atoms with Gasteiger partial charge in [0, 0.05) is 5.56 Å². The molecule has 3 N–H and O–H groups in total. The van der Waals surface area contributed by atoms with Crippen LogP contribution in [0.4, 0.5) is 0 Å². The molecule has 1 amide bonds. The van der Waals surface area contributed by atoms with Gasteiger partial charge >= 0.3 is 11.9 Å². The first-order valence-electron chi connectivity index (χ1n) is 8.77. The van der Waals surface area contributed by atoms with Crippen LogP contribution in [0.5, 0.6) is 0 Å². The van der Waals surface area contributed by atoms with Gasteiger partial charge < -0.3 is 10.5 Å². The van der Waals surface area contributed by atoms with E-state index in [0.717, 1.165) is 0 Å². The first-order valence-corrected chi connectivity index (χ1v) is 8.77. The summed E-state index contributed by atoms with van der Waals surface area (Å²) in [5.41, 5.74) is 5.78. The Bertz CT molecular complexity index is 850. The molecule has 2 unspecified atom stereocenters. The molecule has 2 rings (SSSR count). The number of carbonyl (C=O) groups excluding carboxylic acids is 4. The van der Waals surface area contributed by atoms with E-state index in [1.54, 1.807) is 50.2 Å². The summed E-state index contributed by atoms with van der Waals surface area (Å²) >= 11 is 0. The molecule has 0 aliphatic heterocycles. The van der Waals surface area contributed by atoms with Gasteiger partial charge in [0.2, 0.25) is 5.91 Å². The normalized spacial score (nSPS) is 12.8. The molecule has 0 aliphatic carbocycles. The molecule has 0 radical (unpaired) electrons. The van der Waals surface area contributed by atoms with Gasteiger partial charge in [-0.15, -0.1) is 0 Å². The van der Waals surface area contributed by atoms with Crippen LogP contribution < -0.4 is 11.1 Å². The SMILES string of the molecule is CC(C)C(NC(C(=O)OC(=O)c1ccccc1)C(=O)c1ccccc1)C(N)=O. The monoisotopic (exact) mass is 382 g/mol. The number of amides is 1. The van der Waals surface area contributed by atoms with E-state index in [2.05, 4.69) is 5.32 Å². The van der Waals surface area contributed by atoms with E-state index in [1.807, 2.05) is 0 Å². The molecule has 0 fully saturated rings. The van der Waals surface area contributed by atoms with Crippen LogP contribution in [-0.2, 0) is 14.3 Å². The van der Waals surface area contributed by atoms with Crippen molar-refractivity contribution >= 4 is 23.6 Å². The standard InChI is InChI=1S/C21H22N2O5/c1-13(2)16(19(22)25)23-17(18(24)14-9-5-3-6-10-14)21(27)28-20(26)15-11-7-4-8-12-15/h3-13,16-17,23H,1-2H3,(H2,22,25). The number of ether oxygens (including phenoxy) is 1. The van der Waals surface area contributed by atoms with Crippen molar-refractivity contribution in [1.82, 2.24) is 5.32 Å². The molecular formula is C21H22N2O5. The fourth-order valence-electron chi connectivity index (χ4n) is 2.59. The van der Waals surface area contributed by atoms with Gasteiger partial charge in [0.25, 0.3) is 0 Å². The van der Waals surface area contributed by atoms with Gasteiger partial charge in [-0.2, -0.15) is 0 Å². The smallest absolute Gasteiger partial charge is 0.345 e. The summed E-state index contributed by atoms with van der Waals surface area (Å²) in [5.74, 6) is -3.63. The first-order chi connectivity index (χ1) is 13.3. The highest BCUT2D eigenvalue weighted by Gasteiger charge is 2.35. The fourth-order valence-corrected chi connectivity index (χ4v) is 2.59. The lowest BCUT2D eigenvalue weighted by atomic mass is 9.99. The summed E-state index contributed by atoms with van der Waals surface area (Å²) in [6.45, 7) is 3.43. The number of carbonyl (C=O) groups is 4. The Morgan fingerprint density at radius 3 is 1.82 bits per heavy atom. The highest BCUT2D eigenvalue weighted by atomic mass is 16.6. The number of Topliss-reactive ketones (excluding diaryl/α,β-unsaturated/α-hetero) is 1. The van der Waals surface area contributed by atoms with E-state index in [1.165, 1.54) is 24.3 Å². The first kappa shape index (κ1) is 21.0. The molecule has 0 heterocycles. The molecule has 2 atom stereocenters. The summed E-state index contributed by atoms with van der Waals surface area (Å²) in [6, 6.07) is 13.4. The molecule has 0 aromatic heterocycles. The zero-order chi connectivity index (χ0) is 20.7. The predicted octanol–water partition coefficient (Wildman–Crippen LogP) is 1.72. The topological polar surface area (TPSA) is 116 Å². The van der Waals surface area contributed by atoms with Gasteiger partial charge in [0.05, 0.1) is 11.6 Å². The Balaban J connectivity index is 2.28. The van der Waals surface area contributed by atoms with Crippen molar-refractivity contribution < 1.29 is 23.9 Å². The molecule has 0 saturated heterocycles. The number of benzene rings is 2. The minimum absolute atomic E-state index is 0.164. The highest BCUT2D eigenvalue weighted by molar-refractivity contribution is 6.14. The third-order valence-electron chi connectivity index (χ3n) is 4.08. The Morgan fingerprint density at radius 2 is 1.36 bits per heavy atom.